The molecule has 1 N–H and O–H groups in total. The highest BCUT2D eigenvalue weighted by molar-refractivity contribution is 7.85. The Bertz CT molecular complexity index is 566. The highest BCUT2D eigenvalue weighted by Crippen LogP contribution is 2.25. The molecule has 2 heterocycles. The molecule has 0 spiro atoms. The van der Waals surface area contributed by atoms with Crippen LogP contribution in [0.2, 0.25) is 0 Å². The summed E-state index contributed by atoms with van der Waals surface area (Å²) in [5.74, 6) is 0. The quantitative estimate of drug-likeness (QED) is 0.822. The molecule has 0 bridgehead atoms. The van der Waals surface area contributed by atoms with Crippen LogP contribution in [0.1, 0.15) is 15.6 Å². The van der Waals surface area contributed by atoms with Crippen molar-refractivity contribution in [3.8, 4) is 0 Å². The van der Waals surface area contributed by atoms with Gasteiger partial charge >= 0.3 is 6.09 Å². The third kappa shape index (κ3) is 3.18. The number of fused-ring (bicyclic) bond motifs is 1. The van der Waals surface area contributed by atoms with Crippen LogP contribution in [0.25, 0.3) is 0 Å². The zero-order valence-corrected chi connectivity index (χ0v) is 11.3. The minimum Gasteiger partial charge on any atom is -0.465 e. The van der Waals surface area contributed by atoms with Gasteiger partial charge in [0.15, 0.2) is 0 Å². The number of rotatable bonds is 3. The molecule has 18 heavy (non-hydrogen) atoms. The topological polar surface area (TPSA) is 96.8 Å². The van der Waals surface area contributed by atoms with Crippen molar-refractivity contribution in [2.45, 2.75) is 19.6 Å². The second kappa shape index (κ2) is 4.82. The molecule has 0 saturated carbocycles. The maximum Gasteiger partial charge on any atom is 0.407 e. The first-order valence-corrected chi connectivity index (χ1v) is 7.78. The summed E-state index contributed by atoms with van der Waals surface area (Å²) in [6.07, 6.45) is 0.576. The highest BCUT2D eigenvalue weighted by atomic mass is 32.2. The number of carbonyl (C=O) groups is 1. The molecule has 0 saturated heterocycles. The normalized spacial score (nSPS) is 15.5. The van der Waals surface area contributed by atoms with Crippen LogP contribution in [0.15, 0.2) is 0 Å². The lowest BCUT2D eigenvalue weighted by Gasteiger charge is -2.22. The molecular weight excluding hydrogens is 280 g/mol. The summed E-state index contributed by atoms with van der Waals surface area (Å²) >= 11 is 1.29. The standard InChI is InChI=1S/C9H12N2O5S2/c1-18(14,15)16-5-8-10-6-2-3-11(9(12)13)4-7(6)17-8/h2-5H2,1H3,(H,12,13). The Morgan fingerprint density at radius 3 is 2.94 bits per heavy atom. The second-order valence-corrected chi connectivity index (χ2v) is 6.71. The molecule has 1 aromatic heterocycles. The lowest BCUT2D eigenvalue weighted by atomic mass is 10.2. The minimum absolute atomic E-state index is 0.0937. The fourth-order valence-electron chi connectivity index (χ4n) is 1.63. The zero-order chi connectivity index (χ0) is 13.3. The highest BCUT2D eigenvalue weighted by Gasteiger charge is 2.23. The number of hydrogen-bond acceptors (Lipinski definition) is 6. The van der Waals surface area contributed by atoms with Crippen molar-refractivity contribution in [2.75, 3.05) is 12.8 Å². The van der Waals surface area contributed by atoms with Crippen LogP contribution in [0, 0.1) is 0 Å². The van der Waals surface area contributed by atoms with Gasteiger partial charge in [0.2, 0.25) is 0 Å². The van der Waals surface area contributed by atoms with Gasteiger partial charge in [0, 0.05) is 17.8 Å². The van der Waals surface area contributed by atoms with Crippen molar-refractivity contribution in [3.63, 3.8) is 0 Å². The van der Waals surface area contributed by atoms with Gasteiger partial charge in [-0.1, -0.05) is 0 Å². The van der Waals surface area contributed by atoms with Crippen LogP contribution in [0.5, 0.6) is 0 Å². The van der Waals surface area contributed by atoms with E-state index in [1.807, 2.05) is 0 Å². The molecule has 1 aliphatic rings. The first-order chi connectivity index (χ1) is 8.35. The largest absolute Gasteiger partial charge is 0.465 e. The Kier molecular flexibility index (Phi) is 3.55. The van der Waals surface area contributed by atoms with E-state index in [0.717, 1.165) is 16.8 Å². The summed E-state index contributed by atoms with van der Waals surface area (Å²) in [5.41, 5.74) is 0.838. The number of thiazole rings is 1. The van der Waals surface area contributed by atoms with E-state index in [-0.39, 0.29) is 6.61 Å². The van der Waals surface area contributed by atoms with Crippen LogP contribution in [-0.2, 0) is 33.9 Å². The summed E-state index contributed by atoms with van der Waals surface area (Å²) in [6, 6.07) is 0. The van der Waals surface area contributed by atoms with Crippen LogP contribution < -0.4 is 0 Å². The average molecular weight is 292 g/mol. The second-order valence-electron chi connectivity index (χ2n) is 3.90. The summed E-state index contributed by atoms with van der Waals surface area (Å²) in [5, 5.41) is 9.44. The zero-order valence-electron chi connectivity index (χ0n) is 9.62. The lowest BCUT2D eigenvalue weighted by molar-refractivity contribution is 0.140. The maximum absolute atomic E-state index is 10.9. The Morgan fingerprint density at radius 1 is 1.61 bits per heavy atom. The molecule has 100 valence electrons. The Hall–Kier alpha value is -1.19. The van der Waals surface area contributed by atoms with E-state index >= 15 is 0 Å². The summed E-state index contributed by atoms with van der Waals surface area (Å²) in [7, 11) is -3.49. The average Bonchev–Trinajstić information content (AvgIpc) is 2.66. The number of hydrogen-bond donors (Lipinski definition) is 1. The van der Waals surface area contributed by atoms with Gasteiger partial charge in [-0.15, -0.1) is 11.3 Å². The minimum atomic E-state index is -3.49. The monoisotopic (exact) mass is 292 g/mol. The van der Waals surface area contributed by atoms with Crippen LogP contribution in [0.4, 0.5) is 4.79 Å². The van der Waals surface area contributed by atoms with Gasteiger partial charge in [-0.25, -0.2) is 9.78 Å². The SMILES string of the molecule is CS(=O)(=O)OCc1nc2c(s1)CN(C(=O)O)CC2. The molecule has 0 atom stereocenters. The van der Waals surface area contributed by atoms with E-state index < -0.39 is 16.2 Å². The summed E-state index contributed by atoms with van der Waals surface area (Å²) in [6.45, 7) is 0.628. The molecule has 7 nitrogen and oxygen atoms in total. The van der Waals surface area contributed by atoms with Gasteiger partial charge in [0.25, 0.3) is 10.1 Å². The van der Waals surface area contributed by atoms with Gasteiger partial charge < -0.3 is 10.0 Å². The van der Waals surface area contributed by atoms with Crippen LogP contribution in [0.3, 0.4) is 0 Å². The van der Waals surface area contributed by atoms with E-state index in [0.29, 0.717) is 24.5 Å². The van der Waals surface area contributed by atoms with Crippen LogP contribution >= 0.6 is 11.3 Å². The van der Waals surface area contributed by atoms with Crippen molar-refractivity contribution in [1.82, 2.24) is 9.88 Å². The van der Waals surface area contributed by atoms with Crippen molar-refractivity contribution in [1.29, 1.82) is 0 Å². The Balaban J connectivity index is 2.08. The number of amides is 1. The van der Waals surface area contributed by atoms with Crippen molar-refractivity contribution >= 4 is 27.5 Å². The predicted octanol–water partition coefficient (Wildman–Crippen LogP) is 0.655. The van der Waals surface area contributed by atoms with Crippen molar-refractivity contribution in [2.24, 2.45) is 0 Å². The smallest absolute Gasteiger partial charge is 0.407 e. The van der Waals surface area contributed by atoms with Gasteiger partial charge in [-0.3, -0.25) is 4.18 Å². The Morgan fingerprint density at radius 2 is 2.33 bits per heavy atom. The van der Waals surface area contributed by atoms with E-state index in [2.05, 4.69) is 9.17 Å². The molecule has 1 amide bonds. The molecule has 0 fully saturated rings. The number of nitrogens with zero attached hydrogens (tertiary/aromatic N) is 2. The van der Waals surface area contributed by atoms with E-state index in [1.54, 1.807) is 0 Å². The molecule has 0 aromatic carbocycles. The molecule has 1 aromatic rings. The molecule has 0 radical (unpaired) electrons. The van der Waals surface area contributed by atoms with Crippen molar-refractivity contribution in [3.05, 3.63) is 15.6 Å². The predicted molar refractivity (Wildman–Crippen MR) is 63.9 cm³/mol. The molecule has 1 aliphatic heterocycles. The maximum atomic E-state index is 10.9. The fourth-order valence-corrected chi connectivity index (χ4v) is 3.08. The van der Waals surface area contributed by atoms with Gasteiger partial charge in [0.1, 0.15) is 11.6 Å². The first-order valence-electron chi connectivity index (χ1n) is 5.15. The lowest BCUT2D eigenvalue weighted by Crippen LogP contribution is -2.34. The van der Waals surface area contributed by atoms with Gasteiger partial charge in [0.05, 0.1) is 18.5 Å². The van der Waals surface area contributed by atoms with Gasteiger partial charge in [-0.05, 0) is 0 Å². The summed E-state index contributed by atoms with van der Waals surface area (Å²) < 4.78 is 26.4. The number of carboxylic acid groups (broad SMARTS) is 1. The van der Waals surface area contributed by atoms with Gasteiger partial charge in [-0.2, -0.15) is 8.42 Å². The Labute approximate surface area is 108 Å². The first kappa shape index (κ1) is 13.2. The van der Waals surface area contributed by atoms with E-state index in [1.165, 1.54) is 16.2 Å². The van der Waals surface area contributed by atoms with Crippen molar-refractivity contribution < 1.29 is 22.5 Å². The summed E-state index contributed by atoms with van der Waals surface area (Å²) in [4.78, 5) is 17.3. The molecule has 0 unspecified atom stereocenters. The third-order valence-electron chi connectivity index (χ3n) is 2.44. The van der Waals surface area contributed by atoms with E-state index in [9.17, 15) is 13.2 Å². The molecule has 2 rings (SSSR count). The molecule has 0 aliphatic carbocycles. The van der Waals surface area contributed by atoms with E-state index in [4.69, 9.17) is 5.11 Å². The van der Waals surface area contributed by atoms with Crippen LogP contribution in [-0.4, -0.2) is 42.3 Å². The molecular formula is C9H12N2O5S2. The third-order valence-corrected chi connectivity index (χ3v) is 4.04. The molecule has 9 heteroatoms. The number of aromatic nitrogens is 1. The fraction of sp³-hybridized carbons (Fsp3) is 0.556.